The molecule has 96 valence electrons. The molecule has 2 rings (SSSR count). The molecule has 2 aromatic heterocycles. The molecule has 0 fully saturated rings. The fourth-order valence-corrected chi connectivity index (χ4v) is 2.14. The number of pyridine rings is 1. The van der Waals surface area contributed by atoms with E-state index in [-0.39, 0.29) is 0 Å². The van der Waals surface area contributed by atoms with Gasteiger partial charge >= 0.3 is 0 Å². The minimum Gasteiger partial charge on any atom is -0.324 e. The summed E-state index contributed by atoms with van der Waals surface area (Å²) in [6, 6.07) is 1.11. The van der Waals surface area contributed by atoms with Crippen molar-refractivity contribution < 1.29 is 4.39 Å². The molecular formula is C12H14ClFN4. The van der Waals surface area contributed by atoms with Gasteiger partial charge in [-0.15, -0.1) is 0 Å². The van der Waals surface area contributed by atoms with Gasteiger partial charge in [0.2, 0.25) is 0 Å². The molecule has 4 nitrogen and oxygen atoms in total. The van der Waals surface area contributed by atoms with Crippen molar-refractivity contribution in [2.24, 2.45) is 12.8 Å². The highest BCUT2D eigenvalue weighted by molar-refractivity contribution is 6.31. The lowest BCUT2D eigenvalue weighted by Crippen LogP contribution is -2.17. The zero-order chi connectivity index (χ0) is 13.3. The predicted molar refractivity (Wildman–Crippen MR) is 67.8 cm³/mol. The van der Waals surface area contributed by atoms with Crippen LogP contribution in [0.25, 0.3) is 0 Å². The van der Waals surface area contributed by atoms with Gasteiger partial charge in [-0.1, -0.05) is 11.6 Å². The molecule has 0 aliphatic carbocycles. The summed E-state index contributed by atoms with van der Waals surface area (Å²) in [6.07, 6.45) is 3.11. The van der Waals surface area contributed by atoms with Crippen molar-refractivity contribution in [1.82, 2.24) is 14.8 Å². The molecule has 0 spiro atoms. The Morgan fingerprint density at radius 3 is 2.83 bits per heavy atom. The number of aromatic nitrogens is 3. The minimum absolute atomic E-state index is 0.403. The molecule has 0 radical (unpaired) electrons. The van der Waals surface area contributed by atoms with Crippen LogP contribution in [-0.2, 0) is 13.5 Å². The molecule has 0 saturated carbocycles. The topological polar surface area (TPSA) is 56.7 Å². The number of rotatable bonds is 3. The summed E-state index contributed by atoms with van der Waals surface area (Å²) in [4.78, 5) is 3.70. The van der Waals surface area contributed by atoms with Crippen LogP contribution in [-0.4, -0.2) is 14.8 Å². The Hall–Kier alpha value is -1.46. The molecule has 6 heteroatoms. The van der Waals surface area contributed by atoms with Crippen molar-refractivity contribution in [3.05, 3.63) is 46.3 Å². The molecule has 2 heterocycles. The molecular weight excluding hydrogens is 255 g/mol. The lowest BCUT2D eigenvalue weighted by Gasteiger charge is -2.13. The molecule has 0 saturated heterocycles. The summed E-state index contributed by atoms with van der Waals surface area (Å²) >= 11 is 6.14. The van der Waals surface area contributed by atoms with E-state index in [0.717, 1.165) is 17.6 Å². The average Bonchev–Trinajstić information content (AvgIpc) is 2.56. The van der Waals surface area contributed by atoms with Crippen molar-refractivity contribution in [2.75, 3.05) is 0 Å². The maximum absolute atomic E-state index is 13.6. The maximum atomic E-state index is 13.6. The fraction of sp³-hybridized carbons (Fsp3) is 0.333. The smallest absolute Gasteiger partial charge is 0.146 e. The van der Waals surface area contributed by atoms with E-state index in [1.807, 2.05) is 6.92 Å². The van der Waals surface area contributed by atoms with Crippen molar-refractivity contribution in [3.8, 4) is 0 Å². The normalized spacial score (nSPS) is 12.7. The van der Waals surface area contributed by atoms with Crippen LogP contribution in [0.2, 0.25) is 5.02 Å². The molecule has 0 aromatic carbocycles. The molecule has 0 aliphatic rings. The Labute approximate surface area is 110 Å². The van der Waals surface area contributed by atoms with E-state index in [9.17, 15) is 4.39 Å². The highest BCUT2D eigenvalue weighted by Crippen LogP contribution is 2.25. The van der Waals surface area contributed by atoms with Crippen molar-refractivity contribution in [3.63, 3.8) is 0 Å². The number of hydrogen-bond donors (Lipinski definition) is 1. The van der Waals surface area contributed by atoms with E-state index in [0.29, 0.717) is 17.0 Å². The molecule has 0 bridgehead atoms. The Kier molecular flexibility index (Phi) is 3.63. The van der Waals surface area contributed by atoms with Gasteiger partial charge in [0.05, 0.1) is 22.6 Å². The van der Waals surface area contributed by atoms with Crippen molar-refractivity contribution >= 4 is 11.6 Å². The van der Waals surface area contributed by atoms with Gasteiger partial charge < -0.3 is 5.73 Å². The zero-order valence-electron chi connectivity index (χ0n) is 10.2. The third-order valence-corrected chi connectivity index (χ3v) is 3.37. The van der Waals surface area contributed by atoms with E-state index in [1.54, 1.807) is 17.8 Å². The van der Waals surface area contributed by atoms with E-state index >= 15 is 0 Å². The second-order valence-corrected chi connectivity index (χ2v) is 4.56. The van der Waals surface area contributed by atoms with Crippen LogP contribution in [0, 0.1) is 12.7 Å². The minimum atomic E-state index is -0.472. The van der Waals surface area contributed by atoms with Crippen LogP contribution >= 0.6 is 11.6 Å². The van der Waals surface area contributed by atoms with E-state index in [2.05, 4.69) is 10.1 Å². The third-order valence-electron chi connectivity index (χ3n) is 2.88. The lowest BCUT2D eigenvalue weighted by atomic mass is 10.0. The number of nitrogens with two attached hydrogens (primary N) is 1. The maximum Gasteiger partial charge on any atom is 0.146 e. The van der Waals surface area contributed by atoms with Crippen LogP contribution in [0.3, 0.4) is 0 Å². The second kappa shape index (κ2) is 5.04. The first-order valence-corrected chi connectivity index (χ1v) is 5.91. The fourth-order valence-electron chi connectivity index (χ4n) is 1.91. The Balaban J connectivity index is 2.27. The quantitative estimate of drug-likeness (QED) is 0.928. The standard InChI is InChI=1S/C12H14ClFN4/c1-7-12(13)11(18(2)17-7)5-10(15)8-3-4-16-6-9(8)14/h3-4,6,10H,5,15H2,1-2H3. The number of halogens is 2. The largest absolute Gasteiger partial charge is 0.324 e. The first kappa shape index (κ1) is 13.0. The second-order valence-electron chi connectivity index (χ2n) is 4.18. The molecule has 1 atom stereocenters. The highest BCUT2D eigenvalue weighted by Gasteiger charge is 2.17. The van der Waals surface area contributed by atoms with Crippen LogP contribution in [0.5, 0.6) is 0 Å². The Morgan fingerprint density at radius 2 is 2.28 bits per heavy atom. The van der Waals surface area contributed by atoms with E-state index in [4.69, 9.17) is 17.3 Å². The lowest BCUT2D eigenvalue weighted by molar-refractivity contribution is 0.564. The van der Waals surface area contributed by atoms with E-state index in [1.165, 1.54) is 6.20 Å². The highest BCUT2D eigenvalue weighted by atomic mass is 35.5. The van der Waals surface area contributed by atoms with Gasteiger partial charge in [0, 0.05) is 31.3 Å². The van der Waals surface area contributed by atoms with Crippen LogP contribution in [0.1, 0.15) is 23.0 Å². The van der Waals surface area contributed by atoms with Gasteiger partial charge in [0.15, 0.2) is 0 Å². The molecule has 18 heavy (non-hydrogen) atoms. The Morgan fingerprint density at radius 1 is 1.56 bits per heavy atom. The van der Waals surface area contributed by atoms with Gasteiger partial charge in [-0.05, 0) is 13.0 Å². The summed E-state index contributed by atoms with van der Waals surface area (Å²) in [5, 5.41) is 4.79. The average molecular weight is 269 g/mol. The Bertz CT molecular complexity index is 567. The van der Waals surface area contributed by atoms with Gasteiger partial charge in [0.25, 0.3) is 0 Å². The first-order chi connectivity index (χ1) is 8.50. The van der Waals surface area contributed by atoms with Gasteiger partial charge in [-0.2, -0.15) is 5.10 Å². The predicted octanol–water partition coefficient (Wildman–Crippen LogP) is 2.16. The summed E-state index contributed by atoms with van der Waals surface area (Å²) in [6.45, 7) is 1.82. The molecule has 0 aliphatic heterocycles. The number of nitrogens with zero attached hydrogens (tertiary/aromatic N) is 3. The summed E-state index contributed by atoms with van der Waals surface area (Å²) in [5.74, 6) is -0.403. The van der Waals surface area contributed by atoms with Crippen molar-refractivity contribution in [2.45, 2.75) is 19.4 Å². The van der Waals surface area contributed by atoms with Crippen LogP contribution in [0.15, 0.2) is 18.5 Å². The summed E-state index contributed by atoms with van der Waals surface area (Å²) in [7, 11) is 1.80. The molecule has 2 aromatic rings. The number of hydrogen-bond acceptors (Lipinski definition) is 3. The van der Waals surface area contributed by atoms with Gasteiger partial charge in [0.1, 0.15) is 5.82 Å². The zero-order valence-corrected chi connectivity index (χ0v) is 10.9. The SMILES string of the molecule is Cc1nn(C)c(CC(N)c2ccncc2F)c1Cl. The van der Waals surface area contributed by atoms with Crippen LogP contribution in [0.4, 0.5) is 4.39 Å². The number of aryl methyl sites for hydroxylation is 2. The van der Waals surface area contributed by atoms with E-state index < -0.39 is 11.9 Å². The summed E-state index contributed by atoms with van der Waals surface area (Å²) < 4.78 is 15.2. The third kappa shape index (κ3) is 2.37. The molecule has 1 unspecified atom stereocenters. The summed E-state index contributed by atoms with van der Waals surface area (Å²) in [5.41, 5.74) is 7.99. The monoisotopic (exact) mass is 268 g/mol. The molecule has 0 amide bonds. The van der Waals surface area contributed by atoms with Crippen LogP contribution < -0.4 is 5.73 Å². The van der Waals surface area contributed by atoms with Gasteiger partial charge in [-0.25, -0.2) is 4.39 Å². The molecule has 2 N–H and O–H groups in total. The first-order valence-electron chi connectivity index (χ1n) is 5.53. The van der Waals surface area contributed by atoms with Crippen molar-refractivity contribution in [1.29, 1.82) is 0 Å². The van der Waals surface area contributed by atoms with Gasteiger partial charge in [-0.3, -0.25) is 9.67 Å².